The lowest BCUT2D eigenvalue weighted by Gasteiger charge is -2.18. The molecule has 6 heteroatoms. The smallest absolute Gasteiger partial charge is 0.301 e. The predicted octanol–water partition coefficient (Wildman–Crippen LogP) is 4.17. The van der Waals surface area contributed by atoms with E-state index in [4.69, 9.17) is 4.65 Å². The Morgan fingerprint density at radius 2 is 1.81 bits per heavy atom. The maximum Gasteiger partial charge on any atom is 0.301 e. The zero-order chi connectivity index (χ0) is 22.0. The molecule has 0 radical (unpaired) electrons. The lowest BCUT2D eigenvalue weighted by atomic mass is 9.57. The normalized spacial score (nSPS) is 12.3. The SMILES string of the molecule is COB(Cc1ccccc1)Cc1cc(C(O)c2ccc3c(nnn3C)c2C)ccc1C. The summed E-state index contributed by atoms with van der Waals surface area (Å²) in [6.07, 6.45) is 0.923. The third-order valence-electron chi connectivity index (χ3n) is 6.15. The average molecular weight is 413 g/mol. The molecule has 0 aliphatic heterocycles. The Hall–Kier alpha value is -2.96. The molecule has 3 aromatic carbocycles. The number of aromatic nitrogens is 3. The monoisotopic (exact) mass is 413 g/mol. The molecule has 4 rings (SSSR count). The van der Waals surface area contributed by atoms with Gasteiger partial charge in [-0.3, -0.25) is 0 Å². The number of fused-ring (bicyclic) bond motifs is 1. The summed E-state index contributed by atoms with van der Waals surface area (Å²) in [6.45, 7) is 4.18. The quantitative estimate of drug-likeness (QED) is 0.462. The number of nitrogens with zero attached hydrogens (tertiary/aromatic N) is 3. The van der Waals surface area contributed by atoms with Crippen LogP contribution in [0.2, 0.25) is 0 Å². The number of aliphatic hydroxyl groups is 1. The second-order valence-electron chi connectivity index (χ2n) is 8.20. The van der Waals surface area contributed by atoms with Crippen LogP contribution in [0, 0.1) is 13.8 Å². The van der Waals surface area contributed by atoms with E-state index in [1.165, 1.54) is 16.7 Å². The van der Waals surface area contributed by atoms with Gasteiger partial charge in [-0.2, -0.15) is 0 Å². The van der Waals surface area contributed by atoms with Crippen molar-refractivity contribution in [3.8, 4) is 0 Å². The Balaban J connectivity index is 1.60. The molecule has 0 aliphatic carbocycles. The zero-order valence-corrected chi connectivity index (χ0v) is 18.5. The van der Waals surface area contributed by atoms with Crippen LogP contribution in [-0.4, -0.2) is 34.1 Å². The van der Waals surface area contributed by atoms with Crippen LogP contribution in [0.4, 0.5) is 0 Å². The maximum atomic E-state index is 11.2. The van der Waals surface area contributed by atoms with Crippen molar-refractivity contribution in [2.45, 2.75) is 32.6 Å². The third kappa shape index (κ3) is 4.41. The maximum absolute atomic E-state index is 11.2. The van der Waals surface area contributed by atoms with Gasteiger partial charge in [0.15, 0.2) is 0 Å². The molecule has 0 bridgehead atoms. The molecule has 0 spiro atoms. The fourth-order valence-corrected chi connectivity index (χ4v) is 4.17. The average Bonchev–Trinajstić information content (AvgIpc) is 3.17. The highest BCUT2D eigenvalue weighted by Crippen LogP contribution is 2.30. The fourth-order valence-electron chi connectivity index (χ4n) is 4.17. The highest BCUT2D eigenvalue weighted by Gasteiger charge is 2.20. The minimum absolute atomic E-state index is 0.0752. The van der Waals surface area contributed by atoms with E-state index in [0.717, 1.165) is 40.4 Å². The Kier molecular flexibility index (Phi) is 6.21. The molecule has 1 atom stereocenters. The van der Waals surface area contributed by atoms with E-state index in [0.29, 0.717) is 0 Å². The van der Waals surface area contributed by atoms with Crippen LogP contribution >= 0.6 is 0 Å². The predicted molar refractivity (Wildman–Crippen MR) is 125 cm³/mol. The Labute approximate surface area is 183 Å². The molecule has 0 amide bonds. The molecule has 1 heterocycles. The van der Waals surface area contributed by atoms with Gasteiger partial charge in [-0.1, -0.05) is 65.4 Å². The van der Waals surface area contributed by atoms with E-state index >= 15 is 0 Å². The van der Waals surface area contributed by atoms with Crippen LogP contribution in [0.25, 0.3) is 11.0 Å². The molecule has 1 N–H and O–H groups in total. The topological polar surface area (TPSA) is 60.2 Å². The van der Waals surface area contributed by atoms with Gasteiger partial charge in [0, 0.05) is 14.2 Å². The third-order valence-corrected chi connectivity index (χ3v) is 6.15. The van der Waals surface area contributed by atoms with Crippen LogP contribution in [0.1, 0.15) is 39.5 Å². The molecule has 0 fully saturated rings. The van der Waals surface area contributed by atoms with Crippen LogP contribution < -0.4 is 0 Å². The molecule has 0 saturated heterocycles. The summed E-state index contributed by atoms with van der Waals surface area (Å²) >= 11 is 0. The molecule has 1 unspecified atom stereocenters. The minimum Gasteiger partial charge on any atom is -0.438 e. The van der Waals surface area contributed by atoms with Gasteiger partial charge >= 0.3 is 6.92 Å². The number of hydrogen-bond donors (Lipinski definition) is 1. The number of benzene rings is 3. The number of aryl methyl sites for hydroxylation is 3. The van der Waals surface area contributed by atoms with Gasteiger partial charge in [-0.15, -0.1) is 5.10 Å². The molecule has 1 aromatic heterocycles. The highest BCUT2D eigenvalue weighted by molar-refractivity contribution is 6.50. The van der Waals surface area contributed by atoms with E-state index < -0.39 is 6.10 Å². The molecule has 31 heavy (non-hydrogen) atoms. The molecular formula is C25H28BN3O2. The van der Waals surface area contributed by atoms with E-state index in [1.807, 2.05) is 38.2 Å². The zero-order valence-electron chi connectivity index (χ0n) is 18.5. The first kappa shape index (κ1) is 21.3. The summed E-state index contributed by atoms with van der Waals surface area (Å²) < 4.78 is 7.54. The summed E-state index contributed by atoms with van der Waals surface area (Å²) in [5, 5.41) is 19.6. The second-order valence-corrected chi connectivity index (χ2v) is 8.20. The highest BCUT2D eigenvalue weighted by atomic mass is 16.4. The standard InChI is InChI=1S/C25H28BN3O2/c1-17-10-11-20(14-21(17)16-26(31-4)15-19-8-6-5-7-9-19)25(30)22-12-13-23-24(18(22)2)27-28-29(23)3/h5-14,25,30H,15-16H2,1-4H3. The Bertz CT molecular complexity index is 1190. The van der Waals surface area contributed by atoms with E-state index in [9.17, 15) is 5.11 Å². The number of hydrogen-bond acceptors (Lipinski definition) is 4. The van der Waals surface area contributed by atoms with Crippen LogP contribution in [0.3, 0.4) is 0 Å². The van der Waals surface area contributed by atoms with Crippen molar-refractivity contribution in [1.29, 1.82) is 0 Å². The molecule has 158 valence electrons. The van der Waals surface area contributed by atoms with Gasteiger partial charge in [0.25, 0.3) is 0 Å². The van der Waals surface area contributed by atoms with Gasteiger partial charge < -0.3 is 9.76 Å². The number of aliphatic hydroxyl groups excluding tert-OH is 1. The van der Waals surface area contributed by atoms with Gasteiger partial charge in [-0.05, 0) is 60.4 Å². The van der Waals surface area contributed by atoms with Crippen LogP contribution in [-0.2, 0) is 24.3 Å². The largest absolute Gasteiger partial charge is 0.438 e. The minimum atomic E-state index is -0.721. The van der Waals surface area contributed by atoms with Crippen molar-refractivity contribution in [1.82, 2.24) is 15.0 Å². The first-order valence-corrected chi connectivity index (χ1v) is 10.6. The lowest BCUT2D eigenvalue weighted by molar-refractivity contribution is 0.219. The number of rotatable bonds is 7. The van der Waals surface area contributed by atoms with Gasteiger partial charge in [-0.25, -0.2) is 4.68 Å². The van der Waals surface area contributed by atoms with E-state index in [1.54, 1.807) is 11.8 Å². The lowest BCUT2D eigenvalue weighted by Crippen LogP contribution is -2.24. The second kappa shape index (κ2) is 9.04. The van der Waals surface area contributed by atoms with Crippen molar-refractivity contribution in [3.05, 3.63) is 94.0 Å². The van der Waals surface area contributed by atoms with Crippen molar-refractivity contribution in [2.24, 2.45) is 7.05 Å². The van der Waals surface area contributed by atoms with Gasteiger partial charge in [0.1, 0.15) is 11.6 Å². The van der Waals surface area contributed by atoms with Crippen molar-refractivity contribution in [2.75, 3.05) is 7.11 Å². The van der Waals surface area contributed by atoms with Crippen molar-refractivity contribution < 1.29 is 9.76 Å². The van der Waals surface area contributed by atoms with Crippen molar-refractivity contribution in [3.63, 3.8) is 0 Å². The summed E-state index contributed by atoms with van der Waals surface area (Å²) in [5.74, 6) is 0. The van der Waals surface area contributed by atoms with Crippen LogP contribution in [0.15, 0.2) is 60.7 Å². The van der Waals surface area contributed by atoms with Gasteiger partial charge in [0.05, 0.1) is 5.52 Å². The molecule has 4 aromatic rings. The van der Waals surface area contributed by atoms with Gasteiger partial charge in [0.2, 0.25) is 0 Å². The fraction of sp³-hybridized carbons (Fsp3) is 0.280. The first-order valence-electron chi connectivity index (χ1n) is 10.6. The summed E-state index contributed by atoms with van der Waals surface area (Å²) in [6, 6.07) is 20.5. The van der Waals surface area contributed by atoms with Crippen LogP contribution in [0.5, 0.6) is 0 Å². The Morgan fingerprint density at radius 3 is 2.55 bits per heavy atom. The summed E-state index contributed by atoms with van der Waals surface area (Å²) in [5.41, 5.74) is 8.13. The summed E-state index contributed by atoms with van der Waals surface area (Å²) in [7, 11) is 3.64. The van der Waals surface area contributed by atoms with E-state index in [2.05, 4.69) is 53.6 Å². The molecule has 0 saturated carbocycles. The molecule has 0 aliphatic rings. The summed E-state index contributed by atoms with van der Waals surface area (Å²) in [4.78, 5) is 0. The Morgan fingerprint density at radius 1 is 1.03 bits per heavy atom. The van der Waals surface area contributed by atoms with Crippen molar-refractivity contribution >= 4 is 17.9 Å². The molecule has 5 nitrogen and oxygen atoms in total. The van der Waals surface area contributed by atoms with E-state index in [-0.39, 0.29) is 6.92 Å². The molecular weight excluding hydrogens is 385 g/mol. The first-order chi connectivity index (χ1) is 15.0.